The number of ketones is 2. The molecule has 0 saturated heterocycles. The molecule has 1 saturated carbocycles. The molecule has 3 aliphatic rings. The van der Waals surface area contributed by atoms with Gasteiger partial charge in [-0.25, -0.2) is 0 Å². The number of rotatable bonds is 5. The number of likely N-dealkylation sites (N-methyl/N-ethyl adjacent to an activating group) is 1. The number of aromatic nitrogens is 1. The number of phenols is 1. The van der Waals surface area contributed by atoms with Crippen LogP contribution in [0.3, 0.4) is 0 Å². The van der Waals surface area contributed by atoms with Gasteiger partial charge in [0.2, 0.25) is 5.78 Å². The molecule has 4 atom stereocenters. The Hall–Kier alpha value is -4.06. The smallest absolute Gasteiger partial charge is 0.255 e. The van der Waals surface area contributed by atoms with E-state index in [2.05, 4.69) is 4.98 Å². The molecule has 40 heavy (non-hydrogen) atoms. The molecule has 11 nitrogen and oxygen atoms in total. The van der Waals surface area contributed by atoms with Gasteiger partial charge in [-0.3, -0.25) is 24.3 Å². The van der Waals surface area contributed by atoms with Crippen LogP contribution in [-0.2, 0) is 32.1 Å². The van der Waals surface area contributed by atoms with E-state index in [0.717, 1.165) is 5.56 Å². The molecular weight excluding hydrogens is 518 g/mol. The van der Waals surface area contributed by atoms with Crippen molar-refractivity contribution in [1.82, 2.24) is 9.88 Å². The number of phenolic OH excluding ortho intramolecular Hbond substituents is 1. The molecule has 1 amide bonds. The molecule has 1 heterocycles. The van der Waals surface area contributed by atoms with Gasteiger partial charge in [-0.1, -0.05) is 13.5 Å². The van der Waals surface area contributed by atoms with E-state index in [-0.39, 0.29) is 37.2 Å². The minimum atomic E-state index is -2.67. The number of fused-ring (bicyclic) bond motifs is 3. The van der Waals surface area contributed by atoms with Gasteiger partial charge in [0.25, 0.3) is 5.91 Å². The third-order valence-corrected chi connectivity index (χ3v) is 8.02. The number of Topliss-reactive ketones (excluding diaryl/α,β-unsaturated/α-hetero) is 2. The van der Waals surface area contributed by atoms with Crippen LogP contribution in [0, 0.1) is 11.8 Å². The van der Waals surface area contributed by atoms with Crippen molar-refractivity contribution in [3.63, 3.8) is 0 Å². The van der Waals surface area contributed by atoms with Gasteiger partial charge in [0.15, 0.2) is 11.4 Å². The predicted molar refractivity (Wildman–Crippen MR) is 145 cm³/mol. The van der Waals surface area contributed by atoms with E-state index in [1.54, 1.807) is 39.7 Å². The van der Waals surface area contributed by atoms with Crippen LogP contribution in [0.2, 0.25) is 0 Å². The standard InChI is InChI=1S/C28H29N3O8.CH4/c1-31(2)22-17-8-13-7-16-15(14-6-12(11-39-3)9-30-10-14)4-5-18(32)20(16)23(33)19(13)25(35)28(17,38)26(36)21(24(22)34)27(29)37;/h4-6,9-10,13,17,22,32-33,36,38H,7-8,11H2,1-3H3,(H2,29,37);1H4/t13-,17-,22-,28-;/m0./s1. The molecule has 1 fully saturated rings. The summed E-state index contributed by atoms with van der Waals surface area (Å²) in [5, 5.41) is 44.8. The van der Waals surface area contributed by atoms with Gasteiger partial charge in [-0.2, -0.15) is 0 Å². The van der Waals surface area contributed by atoms with Crippen LogP contribution in [0.1, 0.15) is 30.5 Å². The summed E-state index contributed by atoms with van der Waals surface area (Å²) in [6.45, 7) is 0.331. The normalized spacial score (nSPS) is 25.8. The molecule has 0 bridgehead atoms. The monoisotopic (exact) mass is 551 g/mol. The van der Waals surface area contributed by atoms with Crippen LogP contribution >= 0.6 is 0 Å². The highest BCUT2D eigenvalue weighted by Crippen LogP contribution is 2.53. The number of carbonyl (C=O) groups excluding carboxylic acids is 3. The molecule has 0 spiro atoms. The number of hydrogen-bond donors (Lipinski definition) is 5. The quantitative estimate of drug-likeness (QED) is 0.344. The maximum absolute atomic E-state index is 13.9. The van der Waals surface area contributed by atoms with Crippen molar-refractivity contribution >= 4 is 23.2 Å². The number of benzene rings is 1. The lowest BCUT2D eigenvalue weighted by molar-refractivity contribution is -0.153. The number of hydrogen-bond acceptors (Lipinski definition) is 10. The minimum absolute atomic E-state index is 0. The third kappa shape index (κ3) is 4.00. The Morgan fingerprint density at radius 2 is 1.90 bits per heavy atom. The summed E-state index contributed by atoms with van der Waals surface area (Å²) >= 11 is 0. The SMILES string of the molecule is C.COCc1cncc(-c2ccc(O)c3c2C[C@H]2C[C@H]4[C@H](N(C)C)C(=O)C(C(N)=O)=C(O)[C@@]4(O)C(=O)C2=C3O)c1. The highest BCUT2D eigenvalue weighted by atomic mass is 16.5. The molecule has 0 unspecified atom stereocenters. The zero-order valence-electron chi connectivity index (χ0n) is 21.6. The molecule has 1 aromatic heterocycles. The van der Waals surface area contributed by atoms with Gasteiger partial charge in [-0.05, 0) is 61.7 Å². The van der Waals surface area contributed by atoms with Gasteiger partial charge in [-0.15, -0.1) is 0 Å². The van der Waals surface area contributed by atoms with E-state index >= 15 is 0 Å². The predicted octanol–water partition coefficient (Wildman–Crippen LogP) is 1.81. The van der Waals surface area contributed by atoms with Crippen molar-refractivity contribution in [3.05, 3.63) is 64.2 Å². The number of carbonyl (C=O) groups is 3. The Labute approximate surface area is 231 Å². The number of aliphatic hydroxyl groups is 3. The Morgan fingerprint density at radius 3 is 2.52 bits per heavy atom. The molecule has 1 aromatic carbocycles. The molecule has 5 rings (SSSR count). The first kappa shape index (κ1) is 28.9. The van der Waals surface area contributed by atoms with Crippen LogP contribution in [0.15, 0.2) is 47.5 Å². The topological polar surface area (TPSA) is 184 Å². The fourth-order valence-electron chi connectivity index (χ4n) is 6.39. The van der Waals surface area contributed by atoms with Gasteiger partial charge < -0.3 is 30.9 Å². The molecule has 3 aliphatic carbocycles. The van der Waals surface area contributed by atoms with Crippen molar-refractivity contribution in [1.29, 1.82) is 0 Å². The number of nitrogens with two attached hydrogens (primary N) is 1. The number of amides is 1. The van der Waals surface area contributed by atoms with E-state index in [4.69, 9.17) is 10.5 Å². The van der Waals surface area contributed by atoms with Crippen LogP contribution in [0.25, 0.3) is 16.9 Å². The summed E-state index contributed by atoms with van der Waals surface area (Å²) in [4.78, 5) is 45.0. The fourth-order valence-corrected chi connectivity index (χ4v) is 6.39. The van der Waals surface area contributed by atoms with Crippen molar-refractivity contribution < 1.29 is 39.5 Å². The van der Waals surface area contributed by atoms with Gasteiger partial charge in [0.1, 0.15) is 22.8 Å². The number of aliphatic hydroxyl groups excluding tert-OH is 2. The van der Waals surface area contributed by atoms with Crippen molar-refractivity contribution in [2.45, 2.75) is 38.5 Å². The van der Waals surface area contributed by atoms with Crippen molar-refractivity contribution in [2.75, 3.05) is 21.2 Å². The second-order valence-corrected chi connectivity index (χ2v) is 10.5. The summed E-state index contributed by atoms with van der Waals surface area (Å²) in [5.74, 6) is -6.83. The lowest BCUT2D eigenvalue weighted by atomic mass is 9.57. The lowest BCUT2D eigenvalue weighted by Crippen LogP contribution is -2.65. The summed E-state index contributed by atoms with van der Waals surface area (Å²) in [7, 11) is 4.68. The van der Waals surface area contributed by atoms with Crippen LogP contribution in [-0.4, -0.2) is 80.6 Å². The molecule has 6 N–H and O–H groups in total. The maximum Gasteiger partial charge on any atom is 0.255 e. The average Bonchev–Trinajstić information content (AvgIpc) is 2.86. The highest BCUT2D eigenvalue weighted by molar-refractivity contribution is 6.24. The molecule has 2 aromatic rings. The minimum Gasteiger partial charge on any atom is -0.508 e. The second-order valence-electron chi connectivity index (χ2n) is 10.5. The van der Waals surface area contributed by atoms with E-state index in [0.29, 0.717) is 23.3 Å². The van der Waals surface area contributed by atoms with E-state index < -0.39 is 58.0 Å². The summed E-state index contributed by atoms with van der Waals surface area (Å²) in [6, 6.07) is 3.83. The van der Waals surface area contributed by atoms with Crippen LogP contribution in [0.4, 0.5) is 0 Å². The summed E-state index contributed by atoms with van der Waals surface area (Å²) in [5.41, 5.74) is 4.44. The Morgan fingerprint density at radius 1 is 1.20 bits per heavy atom. The van der Waals surface area contributed by atoms with E-state index in [1.807, 2.05) is 6.07 Å². The first-order valence-electron chi connectivity index (χ1n) is 12.4. The van der Waals surface area contributed by atoms with E-state index in [9.17, 15) is 34.8 Å². The van der Waals surface area contributed by atoms with Crippen molar-refractivity contribution in [2.24, 2.45) is 17.6 Å². The second kappa shape index (κ2) is 10.2. The average molecular weight is 552 g/mol. The van der Waals surface area contributed by atoms with Crippen LogP contribution in [0.5, 0.6) is 5.75 Å². The molecule has 0 aliphatic heterocycles. The Balaban J connectivity index is 0.00000370. The number of primary amides is 1. The third-order valence-electron chi connectivity index (χ3n) is 8.02. The van der Waals surface area contributed by atoms with E-state index in [1.165, 1.54) is 11.0 Å². The van der Waals surface area contributed by atoms with Gasteiger partial charge in [0.05, 0.1) is 18.2 Å². The first-order chi connectivity index (χ1) is 18.4. The Kier molecular flexibility index (Phi) is 7.35. The maximum atomic E-state index is 13.9. The number of ether oxygens (including phenoxy) is 1. The number of pyridine rings is 1. The number of aromatic hydroxyl groups is 1. The first-order valence-corrected chi connectivity index (χ1v) is 12.4. The lowest BCUT2D eigenvalue weighted by Gasteiger charge is -2.50. The largest absolute Gasteiger partial charge is 0.508 e. The molecule has 0 radical (unpaired) electrons. The van der Waals surface area contributed by atoms with Gasteiger partial charge >= 0.3 is 0 Å². The molecule has 11 heteroatoms. The zero-order chi connectivity index (χ0) is 28.4. The number of methoxy groups -OCH3 is 1. The number of nitrogens with zero attached hydrogens (tertiary/aromatic N) is 2. The Bertz CT molecular complexity index is 1490. The zero-order valence-corrected chi connectivity index (χ0v) is 21.6. The highest BCUT2D eigenvalue weighted by Gasteiger charge is 2.64. The van der Waals surface area contributed by atoms with Crippen molar-refractivity contribution in [3.8, 4) is 16.9 Å². The molecular formula is C29H33N3O8. The van der Waals surface area contributed by atoms with Gasteiger partial charge in [0, 0.05) is 36.6 Å². The van der Waals surface area contributed by atoms with Crippen LogP contribution < -0.4 is 5.73 Å². The fraction of sp³-hybridized carbons (Fsp3) is 0.379. The summed E-state index contributed by atoms with van der Waals surface area (Å²) in [6.07, 6.45) is 3.51. The molecule has 212 valence electrons. The summed E-state index contributed by atoms with van der Waals surface area (Å²) < 4.78 is 5.21.